The first kappa shape index (κ1) is 16.7. The van der Waals surface area contributed by atoms with Gasteiger partial charge in [0.25, 0.3) is 5.91 Å². The number of carboxylic acids is 1. The maximum atomic E-state index is 12.4. The molecule has 1 heterocycles. The van der Waals surface area contributed by atoms with Crippen molar-refractivity contribution in [3.8, 4) is 0 Å². The average molecular weight is 335 g/mol. The Kier molecular flexibility index (Phi) is 5.37. The first-order valence-corrected chi connectivity index (χ1v) is 8.15. The number of carbonyl (C=O) groups is 2. The molecule has 4 nitrogen and oxygen atoms in total. The molecule has 1 aliphatic rings. The zero-order valence-corrected chi connectivity index (χ0v) is 14.1. The molecule has 2 rings (SSSR count). The molecule has 1 N–H and O–H groups in total. The van der Waals surface area contributed by atoms with Gasteiger partial charge in [0.2, 0.25) is 0 Å². The number of carbonyl (C=O) groups excluding carboxylic acids is 1. The number of thiocarbonyl (C=S) groups is 1. The maximum Gasteiger partial charge on any atom is 0.303 e. The molecule has 1 amide bonds. The topological polar surface area (TPSA) is 57.6 Å². The van der Waals surface area contributed by atoms with E-state index >= 15 is 0 Å². The van der Waals surface area contributed by atoms with E-state index in [-0.39, 0.29) is 12.3 Å². The maximum absolute atomic E-state index is 12.4. The minimum Gasteiger partial charge on any atom is -0.481 e. The van der Waals surface area contributed by atoms with E-state index in [0.717, 1.165) is 16.7 Å². The van der Waals surface area contributed by atoms with Crippen LogP contribution in [0.15, 0.2) is 23.1 Å². The predicted octanol–water partition coefficient (Wildman–Crippen LogP) is 3.37. The molecular formula is C16H17NO3S2. The summed E-state index contributed by atoms with van der Waals surface area (Å²) in [6, 6.07) is 6.11. The second-order valence-electron chi connectivity index (χ2n) is 5.25. The third-order valence-electron chi connectivity index (χ3n) is 3.19. The van der Waals surface area contributed by atoms with Gasteiger partial charge in [0.15, 0.2) is 0 Å². The van der Waals surface area contributed by atoms with Crippen LogP contribution in [0.5, 0.6) is 0 Å². The second kappa shape index (κ2) is 7.07. The first-order valence-electron chi connectivity index (χ1n) is 6.92. The van der Waals surface area contributed by atoms with Crippen molar-refractivity contribution < 1.29 is 14.7 Å². The van der Waals surface area contributed by atoms with Crippen molar-refractivity contribution >= 4 is 46.3 Å². The molecule has 0 bridgehead atoms. The number of aliphatic carboxylic acids is 1. The molecule has 1 aliphatic heterocycles. The van der Waals surface area contributed by atoms with Gasteiger partial charge in [0.1, 0.15) is 4.32 Å². The Hall–Kier alpha value is -1.66. The van der Waals surface area contributed by atoms with Crippen LogP contribution in [-0.4, -0.2) is 32.7 Å². The van der Waals surface area contributed by atoms with Crippen LogP contribution in [0.1, 0.15) is 29.5 Å². The summed E-state index contributed by atoms with van der Waals surface area (Å²) in [4.78, 5) is 25.0. The molecular weight excluding hydrogens is 318 g/mol. The molecule has 22 heavy (non-hydrogen) atoms. The van der Waals surface area contributed by atoms with Crippen LogP contribution in [0.3, 0.4) is 0 Å². The molecule has 116 valence electrons. The third-order valence-corrected chi connectivity index (χ3v) is 4.57. The number of thioether (sulfide) groups is 1. The van der Waals surface area contributed by atoms with Gasteiger partial charge in [-0.1, -0.05) is 53.3 Å². The Morgan fingerprint density at radius 3 is 2.55 bits per heavy atom. The van der Waals surface area contributed by atoms with E-state index in [1.54, 1.807) is 0 Å². The smallest absolute Gasteiger partial charge is 0.303 e. The van der Waals surface area contributed by atoms with Gasteiger partial charge >= 0.3 is 5.97 Å². The molecule has 1 saturated heterocycles. The fraction of sp³-hybridized carbons (Fsp3) is 0.312. The lowest BCUT2D eigenvalue weighted by atomic mass is 10.1. The summed E-state index contributed by atoms with van der Waals surface area (Å²) in [5.74, 6) is -1.00. The van der Waals surface area contributed by atoms with Gasteiger partial charge in [-0.25, -0.2) is 0 Å². The van der Waals surface area contributed by atoms with Gasteiger partial charge in [0.05, 0.1) is 4.91 Å². The van der Waals surface area contributed by atoms with Crippen LogP contribution in [0, 0.1) is 13.8 Å². The van der Waals surface area contributed by atoms with Crippen LogP contribution in [0.4, 0.5) is 0 Å². The summed E-state index contributed by atoms with van der Waals surface area (Å²) in [6.07, 6.45) is 2.28. The lowest BCUT2D eigenvalue weighted by molar-refractivity contribution is -0.137. The SMILES string of the molecule is Cc1cc(C)cc(/C=C2\SC(=S)N(CCCC(=O)O)C2=O)c1. The Morgan fingerprint density at radius 2 is 1.95 bits per heavy atom. The summed E-state index contributed by atoms with van der Waals surface area (Å²) >= 11 is 6.49. The minimum absolute atomic E-state index is 0.0349. The lowest BCUT2D eigenvalue weighted by Gasteiger charge is -2.13. The number of carboxylic acid groups (broad SMARTS) is 1. The standard InChI is InChI=1S/C16H17NO3S2/c1-10-6-11(2)8-12(7-10)9-13-15(20)17(16(21)22-13)5-3-4-14(18)19/h6-9H,3-5H2,1-2H3,(H,18,19)/b13-9-. The zero-order valence-electron chi connectivity index (χ0n) is 12.5. The van der Waals surface area contributed by atoms with Crippen LogP contribution in [-0.2, 0) is 9.59 Å². The number of rotatable bonds is 5. The lowest BCUT2D eigenvalue weighted by Crippen LogP contribution is -2.29. The highest BCUT2D eigenvalue weighted by molar-refractivity contribution is 8.26. The van der Waals surface area contributed by atoms with Crippen molar-refractivity contribution in [2.75, 3.05) is 6.54 Å². The van der Waals surface area contributed by atoms with Crippen LogP contribution >= 0.6 is 24.0 Å². The summed E-state index contributed by atoms with van der Waals surface area (Å²) in [7, 11) is 0. The van der Waals surface area contributed by atoms with E-state index in [0.29, 0.717) is 22.2 Å². The van der Waals surface area contributed by atoms with E-state index in [1.165, 1.54) is 16.7 Å². The Labute approximate surface area is 139 Å². The van der Waals surface area contributed by atoms with Gasteiger partial charge in [-0.3, -0.25) is 14.5 Å². The van der Waals surface area contributed by atoms with Crippen molar-refractivity contribution in [2.45, 2.75) is 26.7 Å². The predicted molar refractivity (Wildman–Crippen MR) is 92.7 cm³/mol. The largest absolute Gasteiger partial charge is 0.481 e. The molecule has 0 aliphatic carbocycles. The summed E-state index contributed by atoms with van der Waals surface area (Å²) in [6.45, 7) is 4.38. The van der Waals surface area contributed by atoms with Crippen molar-refractivity contribution in [3.05, 3.63) is 39.8 Å². The van der Waals surface area contributed by atoms with Crippen molar-refractivity contribution in [3.63, 3.8) is 0 Å². The monoisotopic (exact) mass is 335 g/mol. The molecule has 0 radical (unpaired) electrons. The molecule has 1 fully saturated rings. The zero-order chi connectivity index (χ0) is 16.3. The van der Waals surface area contributed by atoms with Crippen LogP contribution in [0.2, 0.25) is 0 Å². The van der Waals surface area contributed by atoms with Crippen LogP contribution < -0.4 is 0 Å². The number of hydrogen-bond donors (Lipinski definition) is 1. The van der Waals surface area contributed by atoms with E-state index in [1.807, 2.05) is 32.1 Å². The first-order chi connectivity index (χ1) is 10.4. The molecule has 1 aromatic carbocycles. The van der Waals surface area contributed by atoms with E-state index in [9.17, 15) is 9.59 Å². The fourth-order valence-electron chi connectivity index (χ4n) is 2.33. The van der Waals surface area contributed by atoms with Crippen molar-refractivity contribution in [1.29, 1.82) is 0 Å². The van der Waals surface area contributed by atoms with Crippen LogP contribution in [0.25, 0.3) is 6.08 Å². The minimum atomic E-state index is -0.865. The summed E-state index contributed by atoms with van der Waals surface area (Å²) < 4.78 is 0.492. The number of benzene rings is 1. The van der Waals surface area contributed by atoms with Gasteiger partial charge in [-0.2, -0.15) is 0 Å². The highest BCUT2D eigenvalue weighted by Crippen LogP contribution is 2.32. The Bertz CT molecular complexity index is 647. The van der Waals surface area contributed by atoms with E-state index in [4.69, 9.17) is 17.3 Å². The molecule has 0 atom stereocenters. The van der Waals surface area contributed by atoms with Gasteiger partial charge < -0.3 is 5.11 Å². The number of amides is 1. The van der Waals surface area contributed by atoms with E-state index < -0.39 is 5.97 Å². The normalized spacial score (nSPS) is 16.6. The highest BCUT2D eigenvalue weighted by atomic mass is 32.2. The second-order valence-corrected chi connectivity index (χ2v) is 6.93. The average Bonchev–Trinajstić information content (AvgIpc) is 2.64. The Morgan fingerprint density at radius 1 is 1.32 bits per heavy atom. The highest BCUT2D eigenvalue weighted by Gasteiger charge is 2.31. The molecule has 0 saturated carbocycles. The third kappa shape index (κ3) is 4.18. The summed E-state index contributed by atoms with van der Waals surface area (Å²) in [5.41, 5.74) is 3.26. The van der Waals surface area contributed by atoms with Gasteiger partial charge in [-0.05, 0) is 31.9 Å². The molecule has 1 aromatic rings. The molecule has 0 unspecified atom stereocenters. The molecule has 6 heteroatoms. The number of aryl methyl sites for hydroxylation is 2. The number of nitrogens with zero attached hydrogens (tertiary/aromatic N) is 1. The fourth-order valence-corrected chi connectivity index (χ4v) is 3.63. The van der Waals surface area contributed by atoms with Crippen molar-refractivity contribution in [1.82, 2.24) is 4.90 Å². The molecule has 0 aromatic heterocycles. The van der Waals surface area contributed by atoms with Crippen molar-refractivity contribution in [2.24, 2.45) is 0 Å². The molecule has 0 spiro atoms. The summed E-state index contributed by atoms with van der Waals surface area (Å²) in [5, 5.41) is 8.67. The van der Waals surface area contributed by atoms with Gasteiger partial charge in [-0.15, -0.1) is 0 Å². The quantitative estimate of drug-likeness (QED) is 0.660. The van der Waals surface area contributed by atoms with Gasteiger partial charge in [0, 0.05) is 13.0 Å². The van der Waals surface area contributed by atoms with E-state index in [2.05, 4.69) is 6.07 Å². The Balaban J connectivity index is 2.13. The number of hydrogen-bond acceptors (Lipinski definition) is 4.